The Morgan fingerprint density at radius 1 is 0.886 bits per heavy atom. The molecule has 0 aromatic heterocycles. The van der Waals surface area contributed by atoms with E-state index in [1.807, 2.05) is 53.5 Å². The van der Waals surface area contributed by atoms with Gasteiger partial charge in [-0.1, -0.05) is 97.9 Å². The molecule has 0 spiro atoms. The highest BCUT2D eigenvalue weighted by atomic mass is 32.3. The van der Waals surface area contributed by atoms with E-state index in [9.17, 15) is 5.11 Å². The summed E-state index contributed by atoms with van der Waals surface area (Å²) in [5.41, 5.74) is 2.41. The maximum absolute atomic E-state index is 11.3. The number of ether oxygens (including phenoxy) is 2. The highest BCUT2D eigenvalue weighted by Gasteiger charge is 2.64. The molecule has 2 saturated heterocycles. The predicted molar refractivity (Wildman–Crippen MR) is 150 cm³/mol. The predicted octanol–water partition coefficient (Wildman–Crippen LogP) is 6.46. The quantitative estimate of drug-likeness (QED) is 0.269. The average Bonchev–Trinajstić information content (AvgIpc) is 3.09. The van der Waals surface area contributed by atoms with Gasteiger partial charge in [0, 0.05) is 17.6 Å². The van der Waals surface area contributed by atoms with Gasteiger partial charge in [-0.25, -0.2) is 0 Å². The molecule has 5 rings (SSSR count). The molecule has 184 valence electrons. The number of hydrogen-bond donors (Lipinski definition) is 1. The van der Waals surface area contributed by atoms with Crippen LogP contribution < -0.4 is 0 Å². The zero-order chi connectivity index (χ0) is 24.5. The second-order valence-electron chi connectivity index (χ2n) is 9.21. The van der Waals surface area contributed by atoms with E-state index in [4.69, 9.17) is 9.47 Å². The van der Waals surface area contributed by atoms with Crippen LogP contribution >= 0.6 is 35.3 Å². The van der Waals surface area contributed by atoms with Gasteiger partial charge < -0.3 is 14.6 Å². The number of thioether (sulfide) groups is 3. The van der Waals surface area contributed by atoms with E-state index >= 15 is 0 Å². The summed E-state index contributed by atoms with van der Waals surface area (Å²) in [6, 6.07) is 31.3. The summed E-state index contributed by atoms with van der Waals surface area (Å²) < 4.78 is 13.4. The fourth-order valence-corrected chi connectivity index (χ4v) is 10.1. The third-order valence-electron chi connectivity index (χ3n) is 7.47. The van der Waals surface area contributed by atoms with E-state index in [-0.39, 0.29) is 21.4 Å². The van der Waals surface area contributed by atoms with Gasteiger partial charge in [-0.3, -0.25) is 0 Å². The first kappa shape index (κ1) is 25.2. The number of aliphatic hydroxyl groups is 1. The fourth-order valence-electron chi connectivity index (χ4n) is 5.63. The van der Waals surface area contributed by atoms with Gasteiger partial charge in [0.15, 0.2) is 5.79 Å². The molecule has 0 aliphatic carbocycles. The molecule has 1 N–H and O–H groups in total. The maximum Gasteiger partial charge on any atom is 0.178 e. The first-order chi connectivity index (χ1) is 17.0. The lowest BCUT2D eigenvalue weighted by molar-refractivity contribution is -0.203. The average molecular weight is 525 g/mol. The smallest absolute Gasteiger partial charge is 0.178 e. The molecule has 2 bridgehead atoms. The highest BCUT2D eigenvalue weighted by molar-refractivity contribution is 8.33. The van der Waals surface area contributed by atoms with E-state index in [1.165, 1.54) is 0 Å². The van der Waals surface area contributed by atoms with Crippen LogP contribution in [0.3, 0.4) is 0 Å². The Bertz CT molecular complexity index is 1010. The zero-order valence-corrected chi connectivity index (χ0v) is 22.7. The summed E-state index contributed by atoms with van der Waals surface area (Å²) in [5.74, 6) is -0.370. The molecule has 6 heteroatoms. The standard InChI is InChI=1S/C29H32O3S3/c1-21-26-25(32-27(21,30)20-35-29(26,33-2)34-3)19-31-28(22-13-7-4-8-14-22,23-15-9-5-10-16-23)24-17-11-6-12-18-24/h4-18,21,25-26,30H,19-20H2,1-3H3/t21?,25-,26+,27+/m1/s1. The van der Waals surface area contributed by atoms with Crippen molar-refractivity contribution in [1.82, 2.24) is 0 Å². The molecule has 2 fully saturated rings. The van der Waals surface area contributed by atoms with Crippen molar-refractivity contribution in [3.05, 3.63) is 108 Å². The molecule has 2 heterocycles. The van der Waals surface area contributed by atoms with Crippen molar-refractivity contribution in [2.45, 2.75) is 27.8 Å². The van der Waals surface area contributed by atoms with E-state index in [0.717, 1.165) is 16.7 Å². The Morgan fingerprint density at radius 3 is 1.77 bits per heavy atom. The number of benzene rings is 3. The van der Waals surface area contributed by atoms with Crippen molar-refractivity contribution in [2.24, 2.45) is 11.8 Å². The molecule has 3 aromatic rings. The summed E-state index contributed by atoms with van der Waals surface area (Å²) >= 11 is 5.53. The third-order valence-corrected chi connectivity index (χ3v) is 13.1. The van der Waals surface area contributed by atoms with Crippen LogP contribution in [0.5, 0.6) is 0 Å². The van der Waals surface area contributed by atoms with Gasteiger partial charge >= 0.3 is 0 Å². The summed E-state index contributed by atoms with van der Waals surface area (Å²) in [6.45, 7) is 2.50. The number of fused-ring (bicyclic) bond motifs is 2. The molecule has 0 radical (unpaired) electrons. The van der Waals surface area contributed by atoms with Gasteiger partial charge in [-0.2, -0.15) is 0 Å². The molecule has 2 aliphatic heterocycles. The fraction of sp³-hybridized carbons (Fsp3) is 0.379. The van der Waals surface area contributed by atoms with E-state index in [2.05, 4.69) is 92.2 Å². The summed E-state index contributed by atoms with van der Waals surface area (Å²) in [6.07, 6.45) is 4.11. The minimum atomic E-state index is -1.12. The summed E-state index contributed by atoms with van der Waals surface area (Å²) in [7, 11) is 0. The Labute approximate surface area is 221 Å². The zero-order valence-electron chi connectivity index (χ0n) is 20.3. The first-order valence-electron chi connectivity index (χ1n) is 11.9. The van der Waals surface area contributed by atoms with Crippen molar-refractivity contribution >= 4 is 35.3 Å². The SMILES string of the molecule is CSC1(SC)SC[C@]2(O)O[C@H](COC(c3ccccc3)(c3ccccc3)c3ccccc3)[C@@H]1C2C. The number of rotatable bonds is 8. The van der Waals surface area contributed by atoms with E-state index < -0.39 is 11.4 Å². The van der Waals surface area contributed by atoms with Crippen LogP contribution in [0.1, 0.15) is 23.6 Å². The molecule has 0 amide bonds. The molecule has 1 unspecified atom stereocenters. The summed E-state index contributed by atoms with van der Waals surface area (Å²) in [4.78, 5) is 0. The lowest BCUT2D eigenvalue weighted by Gasteiger charge is -2.45. The van der Waals surface area contributed by atoms with Crippen LogP contribution in [0.25, 0.3) is 0 Å². The molecule has 3 nitrogen and oxygen atoms in total. The second-order valence-corrected chi connectivity index (χ2v) is 13.3. The topological polar surface area (TPSA) is 38.7 Å². The van der Waals surface area contributed by atoms with Crippen LogP contribution in [0.4, 0.5) is 0 Å². The second kappa shape index (κ2) is 10.2. The van der Waals surface area contributed by atoms with Crippen molar-refractivity contribution in [2.75, 3.05) is 24.9 Å². The Morgan fingerprint density at radius 2 is 1.34 bits per heavy atom. The first-order valence-corrected chi connectivity index (χ1v) is 15.4. The van der Waals surface area contributed by atoms with Gasteiger partial charge in [0.05, 0.1) is 12.7 Å². The van der Waals surface area contributed by atoms with Crippen molar-refractivity contribution < 1.29 is 14.6 Å². The molecule has 35 heavy (non-hydrogen) atoms. The minimum Gasteiger partial charge on any atom is -0.365 e. The van der Waals surface area contributed by atoms with Crippen LogP contribution in [-0.2, 0) is 15.1 Å². The highest BCUT2D eigenvalue weighted by Crippen LogP contribution is 2.64. The molecule has 4 atom stereocenters. The number of hydrogen-bond acceptors (Lipinski definition) is 6. The van der Waals surface area contributed by atoms with Crippen LogP contribution in [0.15, 0.2) is 91.0 Å². The lowest BCUT2D eigenvalue weighted by Crippen LogP contribution is -2.48. The lowest BCUT2D eigenvalue weighted by atomic mass is 9.80. The van der Waals surface area contributed by atoms with Crippen molar-refractivity contribution in [3.8, 4) is 0 Å². The largest absolute Gasteiger partial charge is 0.365 e. The maximum atomic E-state index is 11.3. The van der Waals surface area contributed by atoms with E-state index in [0.29, 0.717) is 12.4 Å². The molecule has 3 aromatic carbocycles. The van der Waals surface area contributed by atoms with Crippen LogP contribution in [0.2, 0.25) is 0 Å². The normalized spacial score (nSPS) is 27.6. The molecule has 0 saturated carbocycles. The Balaban J connectivity index is 1.59. The van der Waals surface area contributed by atoms with Gasteiger partial charge in [-0.05, 0) is 29.2 Å². The van der Waals surface area contributed by atoms with Crippen LogP contribution in [-0.4, -0.2) is 45.3 Å². The minimum absolute atomic E-state index is 0.0248. The van der Waals surface area contributed by atoms with Crippen LogP contribution in [0, 0.1) is 11.8 Å². The van der Waals surface area contributed by atoms with Crippen molar-refractivity contribution in [1.29, 1.82) is 0 Å². The van der Waals surface area contributed by atoms with Gasteiger partial charge in [0.2, 0.25) is 0 Å². The van der Waals surface area contributed by atoms with Gasteiger partial charge in [0.1, 0.15) is 9.01 Å². The Hall–Kier alpha value is -1.41. The monoisotopic (exact) mass is 524 g/mol. The van der Waals surface area contributed by atoms with E-state index in [1.54, 1.807) is 0 Å². The van der Waals surface area contributed by atoms with Gasteiger partial charge in [0.25, 0.3) is 0 Å². The molecular formula is C29H32O3S3. The third kappa shape index (κ3) is 4.26. The molecular weight excluding hydrogens is 493 g/mol. The summed E-state index contributed by atoms with van der Waals surface area (Å²) in [5, 5.41) is 11.3. The van der Waals surface area contributed by atoms with Gasteiger partial charge in [-0.15, -0.1) is 35.3 Å². The Kier molecular flexibility index (Phi) is 7.33. The van der Waals surface area contributed by atoms with Crippen molar-refractivity contribution in [3.63, 3.8) is 0 Å². The molecule has 2 aliphatic rings.